The van der Waals surface area contributed by atoms with Crippen LogP contribution in [0.3, 0.4) is 0 Å². The SMILES string of the molecule is CNc1cccc(CCOc2ccc3c(ccn3C(CC(O)O)/C(C)=C/C=C\N)c2)n1. The second kappa shape index (κ2) is 10.7. The van der Waals surface area contributed by atoms with Gasteiger partial charge in [-0.1, -0.05) is 17.7 Å². The summed E-state index contributed by atoms with van der Waals surface area (Å²) < 4.78 is 7.99. The van der Waals surface area contributed by atoms with Crippen molar-refractivity contribution in [3.63, 3.8) is 0 Å². The maximum absolute atomic E-state index is 9.58. The van der Waals surface area contributed by atoms with Gasteiger partial charge >= 0.3 is 0 Å². The van der Waals surface area contributed by atoms with E-state index in [1.165, 1.54) is 6.20 Å². The van der Waals surface area contributed by atoms with Crippen LogP contribution in [0, 0.1) is 0 Å². The van der Waals surface area contributed by atoms with E-state index in [1.54, 1.807) is 6.08 Å². The Morgan fingerprint density at radius 3 is 2.84 bits per heavy atom. The van der Waals surface area contributed by atoms with Crippen LogP contribution in [-0.4, -0.2) is 39.7 Å². The van der Waals surface area contributed by atoms with Gasteiger partial charge in [-0.15, -0.1) is 0 Å². The zero-order chi connectivity index (χ0) is 22.2. The van der Waals surface area contributed by atoms with Crippen molar-refractivity contribution < 1.29 is 14.9 Å². The van der Waals surface area contributed by atoms with E-state index in [4.69, 9.17) is 10.5 Å². The second-order valence-corrected chi connectivity index (χ2v) is 7.33. The van der Waals surface area contributed by atoms with Gasteiger partial charge in [0.05, 0.1) is 12.6 Å². The fourth-order valence-electron chi connectivity index (χ4n) is 3.57. The number of fused-ring (bicyclic) bond motifs is 1. The van der Waals surface area contributed by atoms with Crippen molar-refractivity contribution in [2.75, 3.05) is 19.0 Å². The standard InChI is InChI=1S/C24H30N4O3/c1-17(5-4-12-25)22(16-24(29)30)28-13-10-18-15-20(8-9-21(18)28)31-14-11-19-6-3-7-23(26-2)27-19/h3-10,12-13,15,22,24,29-30H,11,14,16,25H2,1-2H3,(H,26,27)/b12-4-,17-5+. The van der Waals surface area contributed by atoms with Gasteiger partial charge in [0.1, 0.15) is 11.6 Å². The number of aromatic nitrogens is 2. The summed E-state index contributed by atoms with van der Waals surface area (Å²) in [5, 5.41) is 23.2. The molecule has 0 aliphatic carbocycles. The number of nitrogens with one attached hydrogen (secondary N) is 1. The van der Waals surface area contributed by atoms with Crippen molar-refractivity contribution in [1.82, 2.24) is 9.55 Å². The summed E-state index contributed by atoms with van der Waals surface area (Å²) in [4.78, 5) is 4.50. The van der Waals surface area contributed by atoms with Crippen LogP contribution in [-0.2, 0) is 6.42 Å². The van der Waals surface area contributed by atoms with Crippen LogP contribution in [0.4, 0.5) is 5.82 Å². The summed E-state index contributed by atoms with van der Waals surface area (Å²) in [6.07, 6.45) is 6.52. The Morgan fingerprint density at radius 2 is 2.10 bits per heavy atom. The fraction of sp³-hybridized carbons (Fsp3) is 0.292. The number of hydrogen-bond donors (Lipinski definition) is 4. The number of pyridine rings is 1. The summed E-state index contributed by atoms with van der Waals surface area (Å²) >= 11 is 0. The maximum atomic E-state index is 9.58. The lowest BCUT2D eigenvalue weighted by Crippen LogP contribution is -2.17. The van der Waals surface area contributed by atoms with Crippen LogP contribution < -0.4 is 15.8 Å². The topological polar surface area (TPSA) is 106 Å². The third kappa shape index (κ3) is 5.87. The van der Waals surface area contributed by atoms with Crippen LogP contribution in [0.15, 0.2) is 72.6 Å². The van der Waals surface area contributed by atoms with Crippen LogP contribution >= 0.6 is 0 Å². The molecule has 0 aliphatic rings. The van der Waals surface area contributed by atoms with Crippen LogP contribution in [0.5, 0.6) is 5.75 Å². The van der Waals surface area contributed by atoms with Crippen molar-refractivity contribution in [2.24, 2.45) is 5.73 Å². The summed E-state index contributed by atoms with van der Waals surface area (Å²) in [7, 11) is 1.85. The Bertz CT molecular complexity index is 1060. The molecule has 0 spiro atoms. The minimum Gasteiger partial charge on any atom is -0.493 e. The van der Waals surface area contributed by atoms with Crippen molar-refractivity contribution in [3.05, 3.63) is 78.3 Å². The van der Waals surface area contributed by atoms with Gasteiger partial charge in [0.15, 0.2) is 6.29 Å². The molecule has 0 radical (unpaired) electrons. The number of nitrogens with zero attached hydrogens (tertiary/aromatic N) is 2. The van der Waals surface area contributed by atoms with E-state index in [1.807, 2.05) is 73.3 Å². The monoisotopic (exact) mass is 422 g/mol. The van der Waals surface area contributed by atoms with E-state index in [-0.39, 0.29) is 12.5 Å². The van der Waals surface area contributed by atoms with Crippen LogP contribution in [0.1, 0.15) is 25.1 Å². The quantitative estimate of drug-likeness (QED) is 0.295. The van der Waals surface area contributed by atoms with Gasteiger partial charge in [-0.2, -0.15) is 0 Å². The Balaban J connectivity index is 1.75. The van der Waals surface area contributed by atoms with E-state index in [2.05, 4.69) is 10.3 Å². The maximum Gasteiger partial charge on any atom is 0.153 e. The van der Waals surface area contributed by atoms with Gasteiger partial charge in [-0.25, -0.2) is 4.98 Å². The minimum atomic E-state index is -1.41. The molecule has 7 heteroatoms. The van der Waals surface area contributed by atoms with Gasteiger partial charge in [0.25, 0.3) is 0 Å². The molecule has 164 valence electrons. The summed E-state index contributed by atoms with van der Waals surface area (Å²) in [5.74, 6) is 1.63. The molecular weight excluding hydrogens is 392 g/mol. The Morgan fingerprint density at radius 1 is 1.26 bits per heavy atom. The zero-order valence-corrected chi connectivity index (χ0v) is 17.9. The molecule has 0 bridgehead atoms. The molecule has 0 saturated heterocycles. The van der Waals surface area contributed by atoms with Crippen LogP contribution in [0.2, 0.25) is 0 Å². The van der Waals surface area contributed by atoms with Crippen molar-refractivity contribution in [1.29, 1.82) is 0 Å². The Kier molecular flexibility index (Phi) is 7.70. The highest BCUT2D eigenvalue weighted by atomic mass is 16.5. The van der Waals surface area contributed by atoms with E-state index in [0.29, 0.717) is 13.0 Å². The largest absolute Gasteiger partial charge is 0.493 e. The molecule has 1 atom stereocenters. The van der Waals surface area contributed by atoms with Crippen molar-refractivity contribution in [2.45, 2.75) is 32.1 Å². The van der Waals surface area contributed by atoms with E-state index in [0.717, 1.165) is 33.7 Å². The zero-order valence-electron chi connectivity index (χ0n) is 17.9. The highest BCUT2D eigenvalue weighted by Crippen LogP contribution is 2.30. The number of benzene rings is 1. The van der Waals surface area contributed by atoms with Gasteiger partial charge < -0.3 is 30.6 Å². The van der Waals surface area contributed by atoms with Crippen molar-refractivity contribution in [3.8, 4) is 5.75 Å². The predicted octanol–water partition coefficient (Wildman–Crippen LogP) is 3.36. The van der Waals surface area contributed by atoms with E-state index in [9.17, 15) is 10.2 Å². The summed E-state index contributed by atoms with van der Waals surface area (Å²) in [6.45, 7) is 2.48. The van der Waals surface area contributed by atoms with Gasteiger partial charge in [0.2, 0.25) is 0 Å². The summed E-state index contributed by atoms with van der Waals surface area (Å²) in [6, 6.07) is 13.6. The number of aliphatic hydroxyl groups is 2. The molecule has 0 amide bonds. The number of hydrogen-bond acceptors (Lipinski definition) is 6. The Labute approximate surface area is 182 Å². The molecule has 2 aromatic heterocycles. The fourth-order valence-corrected chi connectivity index (χ4v) is 3.57. The molecule has 0 fully saturated rings. The van der Waals surface area contributed by atoms with Gasteiger partial charge in [-0.05, 0) is 55.6 Å². The smallest absolute Gasteiger partial charge is 0.153 e. The minimum absolute atomic E-state index is 0.182. The van der Waals surface area contributed by atoms with Gasteiger partial charge in [0, 0.05) is 42.7 Å². The first-order valence-electron chi connectivity index (χ1n) is 10.3. The first-order chi connectivity index (χ1) is 15.0. The molecule has 31 heavy (non-hydrogen) atoms. The molecule has 0 aliphatic heterocycles. The molecule has 7 nitrogen and oxygen atoms in total. The molecule has 0 saturated carbocycles. The van der Waals surface area contributed by atoms with Crippen molar-refractivity contribution >= 4 is 16.7 Å². The molecule has 3 rings (SSSR count). The molecule has 5 N–H and O–H groups in total. The molecule has 2 heterocycles. The first-order valence-corrected chi connectivity index (χ1v) is 10.3. The third-order valence-corrected chi connectivity index (χ3v) is 5.15. The lowest BCUT2D eigenvalue weighted by molar-refractivity contribution is -0.0516. The average Bonchev–Trinajstić information content (AvgIpc) is 3.19. The third-order valence-electron chi connectivity index (χ3n) is 5.15. The number of anilines is 1. The number of aliphatic hydroxyl groups excluding tert-OH is 1. The highest BCUT2D eigenvalue weighted by molar-refractivity contribution is 5.82. The number of ether oxygens (including phenoxy) is 1. The second-order valence-electron chi connectivity index (χ2n) is 7.33. The number of allylic oxidation sites excluding steroid dienone is 3. The van der Waals surface area contributed by atoms with E-state index < -0.39 is 6.29 Å². The molecule has 3 aromatic rings. The highest BCUT2D eigenvalue weighted by Gasteiger charge is 2.18. The Hall–Kier alpha value is -3.29. The molecular formula is C24H30N4O3. The number of rotatable bonds is 10. The van der Waals surface area contributed by atoms with Gasteiger partial charge in [-0.3, -0.25) is 0 Å². The average molecular weight is 423 g/mol. The first kappa shape index (κ1) is 22.4. The van der Waals surface area contributed by atoms with Crippen LogP contribution in [0.25, 0.3) is 10.9 Å². The summed E-state index contributed by atoms with van der Waals surface area (Å²) in [5.41, 5.74) is 8.38. The normalized spacial score (nSPS) is 13.3. The molecule has 1 aromatic carbocycles. The van der Waals surface area contributed by atoms with E-state index >= 15 is 0 Å². The lowest BCUT2D eigenvalue weighted by Gasteiger charge is -2.22. The number of nitrogens with two attached hydrogens (primary N) is 1. The lowest BCUT2D eigenvalue weighted by atomic mass is 10.0. The molecule has 1 unspecified atom stereocenters. The predicted molar refractivity (Wildman–Crippen MR) is 124 cm³/mol.